The first kappa shape index (κ1) is 11.3. The van der Waals surface area contributed by atoms with Gasteiger partial charge in [0.2, 0.25) is 0 Å². The van der Waals surface area contributed by atoms with Gasteiger partial charge in [0.25, 0.3) is 5.91 Å². The summed E-state index contributed by atoms with van der Waals surface area (Å²) in [6.45, 7) is 5.88. The van der Waals surface area contributed by atoms with E-state index in [1.165, 1.54) is 0 Å². The minimum atomic E-state index is -0.0604. The molecule has 1 saturated heterocycles. The molecule has 0 spiro atoms. The maximum Gasteiger partial charge on any atom is 0.274 e. The van der Waals surface area contributed by atoms with E-state index in [1.807, 2.05) is 4.90 Å². The summed E-state index contributed by atoms with van der Waals surface area (Å²) in [4.78, 5) is 13.8. The zero-order valence-corrected chi connectivity index (χ0v) is 10.2. The third kappa shape index (κ3) is 2.32. The molecular weight excluding hydrogens is 226 g/mol. The molecule has 0 atom stereocenters. The van der Waals surface area contributed by atoms with Crippen LogP contribution >= 0.6 is 11.6 Å². The van der Waals surface area contributed by atoms with Crippen molar-refractivity contribution in [3.63, 3.8) is 0 Å². The molecule has 1 aliphatic rings. The summed E-state index contributed by atoms with van der Waals surface area (Å²) in [5.41, 5.74) is 0.567. The lowest BCUT2D eigenvalue weighted by atomic mass is 9.93. The predicted octanol–water partition coefficient (Wildman–Crippen LogP) is 2.00. The number of hydrogen-bond donors (Lipinski definition) is 0. The molecule has 2 heterocycles. The number of amides is 1. The lowest BCUT2D eigenvalue weighted by Crippen LogP contribution is -2.31. The van der Waals surface area contributed by atoms with Crippen molar-refractivity contribution >= 4 is 17.5 Å². The normalized spacial score (nSPS) is 18.8. The van der Waals surface area contributed by atoms with Crippen LogP contribution < -0.4 is 0 Å². The van der Waals surface area contributed by atoms with Gasteiger partial charge < -0.3 is 4.90 Å². The van der Waals surface area contributed by atoms with E-state index < -0.39 is 0 Å². The molecule has 1 aromatic rings. The fourth-order valence-electron chi connectivity index (χ4n) is 1.88. The van der Waals surface area contributed by atoms with Crippen molar-refractivity contribution in [3.8, 4) is 0 Å². The van der Waals surface area contributed by atoms with E-state index >= 15 is 0 Å². The van der Waals surface area contributed by atoms with E-state index in [2.05, 4.69) is 24.0 Å². The summed E-state index contributed by atoms with van der Waals surface area (Å²) in [6, 6.07) is 3.20. The van der Waals surface area contributed by atoms with Crippen LogP contribution in [0.3, 0.4) is 0 Å². The molecule has 86 valence electrons. The molecule has 16 heavy (non-hydrogen) atoms. The minimum Gasteiger partial charge on any atom is -0.337 e. The van der Waals surface area contributed by atoms with Gasteiger partial charge in [0, 0.05) is 13.1 Å². The van der Waals surface area contributed by atoms with Gasteiger partial charge in [-0.1, -0.05) is 25.4 Å². The van der Waals surface area contributed by atoms with Gasteiger partial charge in [-0.25, -0.2) is 0 Å². The molecule has 1 amide bonds. The molecule has 0 aliphatic carbocycles. The highest BCUT2D eigenvalue weighted by atomic mass is 35.5. The maximum absolute atomic E-state index is 12.0. The number of likely N-dealkylation sites (tertiary alicyclic amines) is 1. The Bertz CT molecular complexity index is 402. The SMILES string of the molecule is CC1(C)CCN(C(=O)c2ccc(Cl)nn2)C1. The van der Waals surface area contributed by atoms with Crippen LogP contribution in [-0.4, -0.2) is 34.1 Å². The van der Waals surface area contributed by atoms with Gasteiger partial charge in [-0.05, 0) is 24.0 Å². The van der Waals surface area contributed by atoms with Crippen molar-refractivity contribution in [3.05, 3.63) is 23.0 Å². The van der Waals surface area contributed by atoms with Crippen LogP contribution in [0.25, 0.3) is 0 Å². The van der Waals surface area contributed by atoms with Crippen LogP contribution in [0.15, 0.2) is 12.1 Å². The molecule has 5 heteroatoms. The Kier molecular flexibility index (Phi) is 2.84. The second-order valence-electron chi connectivity index (χ2n) is 4.88. The summed E-state index contributed by atoms with van der Waals surface area (Å²) < 4.78 is 0. The Morgan fingerprint density at radius 3 is 2.69 bits per heavy atom. The molecule has 0 unspecified atom stereocenters. The molecule has 0 radical (unpaired) electrons. The van der Waals surface area contributed by atoms with Crippen molar-refractivity contribution < 1.29 is 4.79 Å². The van der Waals surface area contributed by atoms with Crippen LogP contribution in [0.5, 0.6) is 0 Å². The Morgan fingerprint density at radius 1 is 1.44 bits per heavy atom. The van der Waals surface area contributed by atoms with Crippen LogP contribution in [-0.2, 0) is 0 Å². The summed E-state index contributed by atoms with van der Waals surface area (Å²) in [5.74, 6) is -0.0604. The molecule has 0 N–H and O–H groups in total. The topological polar surface area (TPSA) is 46.1 Å². The van der Waals surface area contributed by atoms with E-state index in [-0.39, 0.29) is 11.3 Å². The molecular formula is C11H14ClN3O. The van der Waals surface area contributed by atoms with Gasteiger partial charge in [0.05, 0.1) is 0 Å². The van der Waals surface area contributed by atoms with Crippen LogP contribution in [0.1, 0.15) is 30.8 Å². The summed E-state index contributed by atoms with van der Waals surface area (Å²) in [5, 5.41) is 7.78. The average Bonchev–Trinajstić information content (AvgIpc) is 2.59. The van der Waals surface area contributed by atoms with Crippen molar-refractivity contribution in [1.82, 2.24) is 15.1 Å². The van der Waals surface area contributed by atoms with Crippen molar-refractivity contribution in [1.29, 1.82) is 0 Å². The Hall–Kier alpha value is -1.16. The Labute approximate surface area is 99.6 Å². The third-order valence-corrected chi connectivity index (χ3v) is 3.02. The van der Waals surface area contributed by atoms with E-state index in [0.717, 1.165) is 19.5 Å². The average molecular weight is 240 g/mol. The molecule has 1 aromatic heterocycles. The summed E-state index contributed by atoms with van der Waals surface area (Å²) in [6.07, 6.45) is 1.03. The van der Waals surface area contributed by atoms with Gasteiger partial charge in [-0.2, -0.15) is 0 Å². The zero-order valence-electron chi connectivity index (χ0n) is 9.40. The maximum atomic E-state index is 12.0. The van der Waals surface area contributed by atoms with Gasteiger partial charge in [-0.3, -0.25) is 4.79 Å². The highest BCUT2D eigenvalue weighted by molar-refractivity contribution is 6.29. The lowest BCUT2D eigenvalue weighted by Gasteiger charge is -2.19. The first-order valence-corrected chi connectivity index (χ1v) is 5.64. The number of rotatable bonds is 1. The second-order valence-corrected chi connectivity index (χ2v) is 5.27. The first-order chi connectivity index (χ1) is 7.48. The van der Waals surface area contributed by atoms with E-state index in [9.17, 15) is 4.79 Å². The zero-order chi connectivity index (χ0) is 11.8. The molecule has 2 rings (SSSR count). The number of halogens is 1. The first-order valence-electron chi connectivity index (χ1n) is 5.26. The van der Waals surface area contributed by atoms with Crippen molar-refractivity contribution in [2.75, 3.05) is 13.1 Å². The minimum absolute atomic E-state index is 0.0604. The van der Waals surface area contributed by atoms with Gasteiger partial charge in [0.1, 0.15) is 0 Å². The highest BCUT2D eigenvalue weighted by Gasteiger charge is 2.32. The molecule has 1 fully saturated rings. The summed E-state index contributed by atoms with van der Waals surface area (Å²) in [7, 11) is 0. The molecule has 0 aromatic carbocycles. The number of carbonyl (C=O) groups excluding carboxylic acids is 1. The van der Waals surface area contributed by atoms with Crippen LogP contribution in [0.2, 0.25) is 5.15 Å². The molecule has 0 saturated carbocycles. The van der Waals surface area contributed by atoms with Gasteiger partial charge in [-0.15, -0.1) is 10.2 Å². The second kappa shape index (κ2) is 4.01. The molecule has 0 bridgehead atoms. The standard InChI is InChI=1S/C11H14ClN3O/c1-11(2)5-6-15(7-11)10(16)8-3-4-9(12)14-13-8/h3-4H,5-7H2,1-2H3. The molecule has 4 nitrogen and oxygen atoms in total. The van der Waals surface area contributed by atoms with Crippen LogP contribution in [0.4, 0.5) is 0 Å². The monoisotopic (exact) mass is 239 g/mol. The lowest BCUT2D eigenvalue weighted by molar-refractivity contribution is 0.0771. The fourth-order valence-corrected chi connectivity index (χ4v) is 1.98. The Morgan fingerprint density at radius 2 is 2.19 bits per heavy atom. The quantitative estimate of drug-likeness (QED) is 0.753. The Balaban J connectivity index is 2.12. The number of carbonyl (C=O) groups is 1. The fraction of sp³-hybridized carbons (Fsp3) is 0.545. The number of hydrogen-bond acceptors (Lipinski definition) is 3. The number of aromatic nitrogens is 2. The van der Waals surface area contributed by atoms with Crippen LogP contribution in [0, 0.1) is 5.41 Å². The highest BCUT2D eigenvalue weighted by Crippen LogP contribution is 2.29. The number of nitrogens with zero attached hydrogens (tertiary/aromatic N) is 3. The van der Waals surface area contributed by atoms with Crippen molar-refractivity contribution in [2.45, 2.75) is 20.3 Å². The van der Waals surface area contributed by atoms with E-state index in [1.54, 1.807) is 12.1 Å². The molecule has 1 aliphatic heterocycles. The largest absolute Gasteiger partial charge is 0.337 e. The van der Waals surface area contributed by atoms with Gasteiger partial charge in [0.15, 0.2) is 10.8 Å². The van der Waals surface area contributed by atoms with E-state index in [0.29, 0.717) is 10.8 Å². The smallest absolute Gasteiger partial charge is 0.274 e. The predicted molar refractivity (Wildman–Crippen MR) is 61.3 cm³/mol. The van der Waals surface area contributed by atoms with Gasteiger partial charge >= 0.3 is 0 Å². The van der Waals surface area contributed by atoms with E-state index in [4.69, 9.17) is 11.6 Å². The third-order valence-electron chi connectivity index (χ3n) is 2.82. The van der Waals surface area contributed by atoms with Crippen molar-refractivity contribution in [2.24, 2.45) is 5.41 Å². The summed E-state index contributed by atoms with van der Waals surface area (Å²) >= 11 is 5.62.